The Morgan fingerprint density at radius 3 is 2.62 bits per heavy atom. The Labute approximate surface area is 213 Å². The van der Waals surface area contributed by atoms with Crippen LogP contribution in [0.5, 0.6) is 5.88 Å². The number of morpholine rings is 1. The van der Waals surface area contributed by atoms with Gasteiger partial charge in [-0.2, -0.15) is 9.97 Å². The van der Waals surface area contributed by atoms with Crippen molar-refractivity contribution in [1.82, 2.24) is 24.8 Å². The van der Waals surface area contributed by atoms with Crippen molar-refractivity contribution < 1.29 is 23.0 Å². The predicted molar refractivity (Wildman–Crippen MR) is 133 cm³/mol. The Hall–Kier alpha value is -3.38. The molecule has 2 fully saturated rings. The number of nitrogens with two attached hydrogens (primary N) is 1. The first kappa shape index (κ1) is 25.3. The number of hydrogen-bond acceptors (Lipinski definition) is 8. The van der Waals surface area contributed by atoms with Crippen molar-refractivity contribution >= 4 is 22.9 Å². The molecule has 1 amide bonds. The number of carbonyl (C=O) groups excluding carboxylic acids is 1. The van der Waals surface area contributed by atoms with Gasteiger partial charge in [-0.15, -0.1) is 0 Å². The summed E-state index contributed by atoms with van der Waals surface area (Å²) in [6.45, 7) is 4.09. The van der Waals surface area contributed by atoms with E-state index in [-0.39, 0.29) is 36.2 Å². The van der Waals surface area contributed by atoms with Crippen LogP contribution in [0.4, 0.5) is 14.7 Å². The maximum absolute atomic E-state index is 14.1. The molecule has 12 heteroatoms. The predicted octanol–water partition coefficient (Wildman–Crippen LogP) is 2.66. The van der Waals surface area contributed by atoms with Gasteiger partial charge in [0.25, 0.3) is 6.43 Å². The molecule has 3 heterocycles. The number of ether oxygens (including phenoxy) is 2. The molecule has 3 N–H and O–H groups in total. The fourth-order valence-electron chi connectivity index (χ4n) is 4.85. The molecule has 198 valence electrons. The zero-order valence-electron chi connectivity index (χ0n) is 20.7. The molecule has 5 rings (SSSR count). The molecule has 10 nitrogen and oxygen atoms in total. The van der Waals surface area contributed by atoms with Crippen molar-refractivity contribution in [3.63, 3.8) is 0 Å². The maximum Gasteiger partial charge on any atom is 0.296 e. The summed E-state index contributed by atoms with van der Waals surface area (Å²) in [6, 6.07) is 7.06. The number of aryl methyl sites for hydroxylation is 1. The second kappa shape index (κ2) is 10.9. The second-order valence-corrected chi connectivity index (χ2v) is 9.43. The SMILES string of the molecule is Cc1ccc2nc(C(F)F)n(-c3cc(OC4CCC(NC(=O)CN)CC4)nc(N4CCOCC4)n3)c2c1. The van der Waals surface area contributed by atoms with E-state index in [1.165, 1.54) is 4.57 Å². The summed E-state index contributed by atoms with van der Waals surface area (Å²) in [5.41, 5.74) is 7.34. The van der Waals surface area contributed by atoms with Gasteiger partial charge in [-0.25, -0.2) is 13.8 Å². The van der Waals surface area contributed by atoms with Crippen molar-refractivity contribution in [2.75, 3.05) is 37.7 Å². The van der Waals surface area contributed by atoms with Crippen LogP contribution in [0.1, 0.15) is 43.5 Å². The Kier molecular flexibility index (Phi) is 7.47. The van der Waals surface area contributed by atoms with Gasteiger partial charge in [-0.1, -0.05) is 6.07 Å². The quantitative estimate of drug-likeness (QED) is 0.493. The summed E-state index contributed by atoms with van der Waals surface area (Å²) in [6.07, 6.45) is 0.0340. The smallest absolute Gasteiger partial charge is 0.296 e. The minimum atomic E-state index is -2.79. The van der Waals surface area contributed by atoms with E-state index in [1.807, 2.05) is 24.0 Å². The number of anilines is 1. The van der Waals surface area contributed by atoms with Crippen LogP contribution in [0.2, 0.25) is 0 Å². The van der Waals surface area contributed by atoms with E-state index in [4.69, 9.17) is 15.2 Å². The summed E-state index contributed by atoms with van der Waals surface area (Å²) in [4.78, 5) is 27.1. The molecule has 2 aromatic heterocycles. The summed E-state index contributed by atoms with van der Waals surface area (Å²) >= 11 is 0. The summed E-state index contributed by atoms with van der Waals surface area (Å²) in [5, 5.41) is 2.93. The lowest BCUT2D eigenvalue weighted by atomic mass is 9.93. The number of alkyl halides is 2. The van der Waals surface area contributed by atoms with E-state index in [1.54, 1.807) is 12.1 Å². The first-order valence-electron chi connectivity index (χ1n) is 12.6. The molecular weight excluding hydrogens is 484 g/mol. The van der Waals surface area contributed by atoms with E-state index in [2.05, 4.69) is 20.3 Å². The van der Waals surface area contributed by atoms with Gasteiger partial charge in [-0.3, -0.25) is 9.36 Å². The fourth-order valence-corrected chi connectivity index (χ4v) is 4.85. The average molecular weight is 516 g/mol. The lowest BCUT2D eigenvalue weighted by Gasteiger charge is -2.30. The summed E-state index contributed by atoms with van der Waals surface area (Å²) in [7, 11) is 0. The minimum Gasteiger partial charge on any atom is -0.474 e. The first-order valence-corrected chi connectivity index (χ1v) is 12.6. The molecule has 1 saturated heterocycles. The van der Waals surface area contributed by atoms with Gasteiger partial charge in [-0.05, 0) is 50.3 Å². The fraction of sp³-hybridized carbons (Fsp3) is 0.520. The number of benzene rings is 1. The first-order chi connectivity index (χ1) is 17.9. The molecule has 0 radical (unpaired) electrons. The van der Waals surface area contributed by atoms with Crippen LogP contribution in [0, 0.1) is 6.92 Å². The number of imidazole rings is 1. The molecule has 2 aliphatic rings. The Balaban J connectivity index is 1.48. The zero-order chi connectivity index (χ0) is 25.9. The van der Waals surface area contributed by atoms with Crippen molar-refractivity contribution in [2.45, 2.75) is 51.2 Å². The second-order valence-electron chi connectivity index (χ2n) is 9.43. The van der Waals surface area contributed by atoms with Crippen LogP contribution in [0.3, 0.4) is 0 Å². The highest BCUT2D eigenvalue weighted by molar-refractivity contribution is 5.79. The number of carbonyl (C=O) groups is 1. The highest BCUT2D eigenvalue weighted by atomic mass is 19.3. The van der Waals surface area contributed by atoms with E-state index < -0.39 is 6.43 Å². The van der Waals surface area contributed by atoms with Crippen LogP contribution in [-0.2, 0) is 9.53 Å². The largest absolute Gasteiger partial charge is 0.474 e. The van der Waals surface area contributed by atoms with Crippen molar-refractivity contribution in [1.29, 1.82) is 0 Å². The third kappa shape index (κ3) is 5.64. The topological polar surface area (TPSA) is 120 Å². The number of fused-ring (bicyclic) bond motifs is 1. The third-order valence-corrected chi connectivity index (χ3v) is 6.74. The van der Waals surface area contributed by atoms with Crippen molar-refractivity contribution in [2.24, 2.45) is 5.73 Å². The third-order valence-electron chi connectivity index (χ3n) is 6.74. The Morgan fingerprint density at radius 1 is 1.16 bits per heavy atom. The molecule has 0 atom stereocenters. The van der Waals surface area contributed by atoms with Gasteiger partial charge in [0.05, 0.1) is 30.8 Å². The molecule has 37 heavy (non-hydrogen) atoms. The normalized spacial score (nSPS) is 20.4. The molecule has 1 aliphatic heterocycles. The van der Waals surface area contributed by atoms with Crippen molar-refractivity contribution in [3.8, 4) is 11.7 Å². The van der Waals surface area contributed by atoms with Gasteiger partial charge < -0.3 is 25.4 Å². The van der Waals surface area contributed by atoms with Crippen LogP contribution in [0.25, 0.3) is 16.9 Å². The van der Waals surface area contributed by atoms with E-state index in [0.29, 0.717) is 49.2 Å². The van der Waals surface area contributed by atoms with Gasteiger partial charge in [0, 0.05) is 25.2 Å². The molecule has 3 aromatic rings. The van der Waals surface area contributed by atoms with Crippen molar-refractivity contribution in [3.05, 3.63) is 35.7 Å². The van der Waals surface area contributed by atoms with Crippen LogP contribution >= 0.6 is 0 Å². The molecule has 1 saturated carbocycles. The summed E-state index contributed by atoms with van der Waals surface area (Å²) < 4.78 is 41.3. The van der Waals surface area contributed by atoms with E-state index in [0.717, 1.165) is 31.2 Å². The van der Waals surface area contributed by atoms with Crippen LogP contribution in [0.15, 0.2) is 24.3 Å². The van der Waals surface area contributed by atoms with Gasteiger partial charge in [0.15, 0.2) is 5.82 Å². The highest BCUT2D eigenvalue weighted by Crippen LogP contribution is 2.31. The highest BCUT2D eigenvalue weighted by Gasteiger charge is 2.27. The molecule has 0 unspecified atom stereocenters. The zero-order valence-corrected chi connectivity index (χ0v) is 20.7. The number of nitrogens with zero attached hydrogens (tertiary/aromatic N) is 5. The van der Waals surface area contributed by atoms with E-state index in [9.17, 15) is 13.6 Å². The molecule has 0 spiro atoms. The van der Waals surface area contributed by atoms with Gasteiger partial charge in [0.1, 0.15) is 11.9 Å². The standard InChI is InChI=1S/C25H31F2N7O3/c1-15-2-7-18-19(12-15)34(24(30-18)23(26)27)20-13-22(32-25(31-20)33-8-10-36-11-9-33)37-17-5-3-16(4-6-17)29-21(35)14-28/h2,7,12-13,16-17,23H,3-6,8-11,14,28H2,1H3,(H,29,35). The number of nitrogens with one attached hydrogen (secondary N) is 1. The minimum absolute atomic E-state index is 0.0342. The Bertz CT molecular complexity index is 1250. The number of aromatic nitrogens is 4. The molecule has 1 aromatic carbocycles. The van der Waals surface area contributed by atoms with Crippen LogP contribution < -0.4 is 20.7 Å². The Morgan fingerprint density at radius 2 is 1.92 bits per heavy atom. The average Bonchev–Trinajstić information content (AvgIpc) is 3.29. The molecule has 1 aliphatic carbocycles. The number of rotatable bonds is 7. The van der Waals surface area contributed by atoms with Crippen LogP contribution in [-0.4, -0.2) is 70.4 Å². The summed E-state index contributed by atoms with van der Waals surface area (Å²) in [5.74, 6) is 0.441. The van der Waals surface area contributed by atoms with Gasteiger partial charge >= 0.3 is 0 Å². The lowest BCUT2D eigenvalue weighted by molar-refractivity contribution is -0.120. The number of amides is 1. The van der Waals surface area contributed by atoms with E-state index >= 15 is 0 Å². The monoisotopic (exact) mass is 515 g/mol. The van der Waals surface area contributed by atoms with Gasteiger partial charge in [0.2, 0.25) is 17.7 Å². The number of halogens is 2. The maximum atomic E-state index is 14.1. The molecular formula is C25H31F2N7O3. The molecule has 0 bridgehead atoms. The lowest BCUT2D eigenvalue weighted by Crippen LogP contribution is -2.42. The number of hydrogen-bond donors (Lipinski definition) is 2.